The molecule has 0 N–H and O–H groups in total. The number of rotatable bonds is 3. The van der Waals surface area contributed by atoms with Crippen molar-refractivity contribution in [3.63, 3.8) is 0 Å². The molecule has 2 fully saturated rings. The maximum absolute atomic E-state index is 12.9. The number of hydrogen-bond acceptors (Lipinski definition) is 5. The van der Waals surface area contributed by atoms with Crippen LogP contribution in [-0.4, -0.2) is 53.3 Å². The predicted molar refractivity (Wildman–Crippen MR) is 116 cm³/mol. The SMILES string of the molecule is CC1SC2(CCN(CC3COc4ccccc4O3)CC2)N(c2ccccc2)C1=O. The second-order valence-electron chi connectivity index (χ2n) is 8.01. The van der Waals surface area contributed by atoms with Crippen molar-refractivity contribution in [2.45, 2.75) is 36.0 Å². The molecule has 3 heterocycles. The summed E-state index contributed by atoms with van der Waals surface area (Å²) in [5.41, 5.74) is 1.02. The molecule has 1 amide bonds. The minimum absolute atomic E-state index is 0.00772. The van der Waals surface area contributed by atoms with Gasteiger partial charge in [-0.2, -0.15) is 0 Å². The Morgan fingerprint density at radius 1 is 1.03 bits per heavy atom. The quantitative estimate of drug-likeness (QED) is 0.770. The zero-order valence-electron chi connectivity index (χ0n) is 16.6. The summed E-state index contributed by atoms with van der Waals surface area (Å²) < 4.78 is 12.0. The molecule has 2 aromatic rings. The molecular formula is C23H26N2O3S. The second kappa shape index (κ2) is 7.58. The molecule has 0 aliphatic carbocycles. The van der Waals surface area contributed by atoms with Gasteiger partial charge in [-0.05, 0) is 44.0 Å². The van der Waals surface area contributed by atoms with Crippen molar-refractivity contribution in [3.8, 4) is 11.5 Å². The van der Waals surface area contributed by atoms with Crippen molar-refractivity contribution < 1.29 is 14.3 Å². The monoisotopic (exact) mass is 410 g/mol. The molecule has 2 saturated heterocycles. The van der Waals surface area contributed by atoms with Crippen molar-refractivity contribution in [2.24, 2.45) is 0 Å². The highest BCUT2D eigenvalue weighted by molar-refractivity contribution is 8.02. The standard InChI is InChI=1S/C23H26N2O3S/c1-17-22(26)25(18-7-3-2-4-8-18)23(29-17)11-13-24(14-12-23)15-19-16-27-20-9-5-6-10-21(20)28-19/h2-10,17,19H,11-16H2,1H3. The molecule has 6 heteroatoms. The number of nitrogens with zero attached hydrogens (tertiary/aromatic N) is 2. The summed E-state index contributed by atoms with van der Waals surface area (Å²) in [6.07, 6.45) is 1.97. The van der Waals surface area contributed by atoms with Crippen LogP contribution in [0.3, 0.4) is 0 Å². The van der Waals surface area contributed by atoms with Gasteiger partial charge in [0, 0.05) is 25.3 Å². The van der Waals surface area contributed by atoms with Gasteiger partial charge >= 0.3 is 0 Å². The lowest BCUT2D eigenvalue weighted by Crippen LogP contribution is -2.54. The zero-order chi connectivity index (χ0) is 19.8. The first-order valence-electron chi connectivity index (χ1n) is 10.3. The molecule has 5 rings (SSSR count). The number of fused-ring (bicyclic) bond motifs is 1. The van der Waals surface area contributed by atoms with Gasteiger partial charge in [0.1, 0.15) is 12.7 Å². The molecule has 1 spiro atoms. The van der Waals surface area contributed by atoms with Crippen molar-refractivity contribution in [1.29, 1.82) is 0 Å². The molecule has 29 heavy (non-hydrogen) atoms. The van der Waals surface area contributed by atoms with E-state index >= 15 is 0 Å². The number of hydrogen-bond donors (Lipinski definition) is 0. The normalized spacial score (nSPS) is 26.1. The van der Waals surface area contributed by atoms with Crippen LogP contribution >= 0.6 is 11.8 Å². The van der Waals surface area contributed by atoms with Gasteiger partial charge in [0.15, 0.2) is 11.5 Å². The lowest BCUT2D eigenvalue weighted by Gasteiger charge is -2.44. The minimum Gasteiger partial charge on any atom is -0.486 e. The number of para-hydroxylation sites is 3. The van der Waals surface area contributed by atoms with E-state index < -0.39 is 0 Å². The maximum atomic E-state index is 12.9. The number of ether oxygens (including phenoxy) is 2. The maximum Gasteiger partial charge on any atom is 0.241 e. The highest BCUT2D eigenvalue weighted by Crippen LogP contribution is 2.49. The molecule has 3 aliphatic heterocycles. The van der Waals surface area contributed by atoms with Crippen LogP contribution in [0.25, 0.3) is 0 Å². The third-order valence-electron chi connectivity index (χ3n) is 6.05. The van der Waals surface area contributed by atoms with E-state index in [1.54, 1.807) is 0 Å². The van der Waals surface area contributed by atoms with Crippen LogP contribution < -0.4 is 14.4 Å². The second-order valence-corrected chi connectivity index (χ2v) is 9.72. The van der Waals surface area contributed by atoms with E-state index in [1.807, 2.05) is 61.2 Å². The van der Waals surface area contributed by atoms with Crippen LogP contribution in [0.2, 0.25) is 0 Å². The van der Waals surface area contributed by atoms with E-state index in [9.17, 15) is 4.79 Å². The molecule has 3 aliphatic rings. The summed E-state index contributed by atoms with van der Waals surface area (Å²) in [5.74, 6) is 1.89. The molecule has 2 unspecified atom stereocenters. The molecule has 0 bridgehead atoms. The Morgan fingerprint density at radius 2 is 1.72 bits per heavy atom. The third kappa shape index (κ3) is 3.49. The number of amides is 1. The Kier molecular flexibility index (Phi) is 4.92. The number of anilines is 1. The van der Waals surface area contributed by atoms with Gasteiger partial charge in [-0.15, -0.1) is 11.8 Å². The molecule has 152 valence electrons. The first-order chi connectivity index (χ1) is 14.1. The van der Waals surface area contributed by atoms with E-state index in [0.29, 0.717) is 6.61 Å². The van der Waals surface area contributed by atoms with Crippen LogP contribution in [0.5, 0.6) is 11.5 Å². The summed E-state index contributed by atoms with van der Waals surface area (Å²) in [5, 5.41) is 0.00772. The first-order valence-corrected chi connectivity index (χ1v) is 11.2. The van der Waals surface area contributed by atoms with Crippen LogP contribution in [-0.2, 0) is 4.79 Å². The summed E-state index contributed by atoms with van der Waals surface area (Å²) in [6.45, 7) is 5.38. The summed E-state index contributed by atoms with van der Waals surface area (Å²) in [4.78, 5) is 17.3. The Balaban J connectivity index is 1.26. The van der Waals surface area contributed by atoms with Gasteiger partial charge < -0.3 is 9.47 Å². The fourth-order valence-corrected chi connectivity index (χ4v) is 6.21. The lowest BCUT2D eigenvalue weighted by atomic mass is 10.0. The molecular weight excluding hydrogens is 384 g/mol. The van der Waals surface area contributed by atoms with E-state index in [0.717, 1.165) is 49.7 Å². The summed E-state index contributed by atoms with van der Waals surface area (Å²) in [7, 11) is 0. The fraction of sp³-hybridized carbons (Fsp3) is 0.435. The molecule has 0 radical (unpaired) electrons. The molecule has 0 aromatic heterocycles. The van der Waals surface area contributed by atoms with Crippen LogP contribution in [0.1, 0.15) is 19.8 Å². The van der Waals surface area contributed by atoms with Crippen LogP contribution in [0.15, 0.2) is 54.6 Å². The Hall–Kier alpha value is -2.18. The number of thioether (sulfide) groups is 1. The van der Waals surface area contributed by atoms with Crippen molar-refractivity contribution in [1.82, 2.24) is 4.90 Å². The Morgan fingerprint density at radius 3 is 2.48 bits per heavy atom. The van der Waals surface area contributed by atoms with E-state index in [1.165, 1.54) is 0 Å². The Bertz CT molecular complexity index is 883. The van der Waals surface area contributed by atoms with E-state index in [-0.39, 0.29) is 22.1 Å². The number of carbonyl (C=O) groups excluding carboxylic acids is 1. The highest BCUT2D eigenvalue weighted by atomic mass is 32.2. The lowest BCUT2D eigenvalue weighted by molar-refractivity contribution is -0.118. The largest absolute Gasteiger partial charge is 0.486 e. The first kappa shape index (κ1) is 18.8. The average molecular weight is 411 g/mol. The Labute approximate surface area is 176 Å². The number of carbonyl (C=O) groups is 1. The van der Waals surface area contributed by atoms with Gasteiger partial charge in [-0.25, -0.2) is 0 Å². The van der Waals surface area contributed by atoms with Gasteiger partial charge in [-0.1, -0.05) is 30.3 Å². The van der Waals surface area contributed by atoms with Gasteiger partial charge in [0.05, 0.1) is 10.1 Å². The number of piperidine rings is 1. The zero-order valence-corrected chi connectivity index (χ0v) is 17.4. The van der Waals surface area contributed by atoms with Crippen molar-refractivity contribution in [2.75, 3.05) is 31.1 Å². The topological polar surface area (TPSA) is 42.0 Å². The number of likely N-dealkylation sites (tertiary alicyclic amines) is 1. The average Bonchev–Trinajstić information content (AvgIpc) is 3.00. The molecule has 2 atom stereocenters. The third-order valence-corrected chi connectivity index (χ3v) is 7.64. The fourth-order valence-electron chi connectivity index (χ4n) is 4.62. The molecule has 0 saturated carbocycles. The number of benzene rings is 2. The molecule has 5 nitrogen and oxygen atoms in total. The van der Waals surface area contributed by atoms with Gasteiger partial charge in [0.2, 0.25) is 5.91 Å². The van der Waals surface area contributed by atoms with E-state index in [4.69, 9.17) is 9.47 Å². The summed E-state index contributed by atoms with van der Waals surface area (Å²) >= 11 is 1.83. The van der Waals surface area contributed by atoms with Gasteiger partial charge in [-0.3, -0.25) is 14.6 Å². The minimum atomic E-state index is -0.134. The summed E-state index contributed by atoms with van der Waals surface area (Å²) in [6, 6.07) is 18.0. The van der Waals surface area contributed by atoms with Crippen LogP contribution in [0.4, 0.5) is 5.69 Å². The van der Waals surface area contributed by atoms with Crippen LogP contribution in [0, 0.1) is 0 Å². The van der Waals surface area contributed by atoms with Crippen molar-refractivity contribution >= 4 is 23.4 Å². The van der Waals surface area contributed by atoms with Crippen molar-refractivity contribution in [3.05, 3.63) is 54.6 Å². The van der Waals surface area contributed by atoms with E-state index in [2.05, 4.69) is 21.9 Å². The predicted octanol–water partition coefficient (Wildman–Crippen LogP) is 3.79. The highest BCUT2D eigenvalue weighted by Gasteiger charge is 2.52. The molecule has 2 aromatic carbocycles. The smallest absolute Gasteiger partial charge is 0.241 e. The van der Waals surface area contributed by atoms with Gasteiger partial charge in [0.25, 0.3) is 0 Å².